The van der Waals surface area contributed by atoms with Crippen LogP contribution in [0.1, 0.15) is 31.2 Å². The first-order valence-corrected chi connectivity index (χ1v) is 20.4. The average molecular weight is 713 g/mol. The van der Waals surface area contributed by atoms with Crippen molar-refractivity contribution < 1.29 is 0 Å². The Morgan fingerprint density at radius 2 is 0.870 bits per heavy atom. The minimum atomic E-state index is 0.488. The van der Waals surface area contributed by atoms with Gasteiger partial charge in [-0.1, -0.05) is 91.0 Å². The van der Waals surface area contributed by atoms with E-state index in [1.165, 1.54) is 74.0 Å². The second kappa shape index (κ2) is 11.4. The van der Waals surface area contributed by atoms with Crippen molar-refractivity contribution in [2.75, 3.05) is 9.80 Å². The number of rotatable bonds is 8. The molecule has 7 aromatic carbocycles. The Bertz CT molecular complexity index is 2650. The Kier molecular flexibility index (Phi) is 6.52. The minimum absolute atomic E-state index is 0.488. The van der Waals surface area contributed by atoms with Gasteiger partial charge in [-0.25, -0.2) is 0 Å². The zero-order chi connectivity index (χ0) is 35.4. The standard InChI is InChI=1S/C51H40N2S/c1-3-9-40(10-4-1)52(44-25-19-36(20-26-44)50-32-38-29-37-30-39(33-50)51(37,38)50)42-21-15-34(16-22-42)35-17-23-43(24-18-35)53(41-11-5-2-6-12-41)45-27-28-49-47(31-45)46-13-7-8-14-48(46)54-49/h1-28,31,37-39H,29-30,32-33H2. The lowest BCUT2D eigenvalue weighted by Gasteiger charge is -2.91. The summed E-state index contributed by atoms with van der Waals surface area (Å²) in [6, 6.07) is 65.0. The van der Waals surface area contributed by atoms with Gasteiger partial charge in [0.25, 0.3) is 0 Å². The van der Waals surface area contributed by atoms with Crippen LogP contribution in [0.25, 0.3) is 31.3 Å². The number of para-hydroxylation sites is 2. The molecule has 0 aliphatic heterocycles. The van der Waals surface area contributed by atoms with E-state index in [-0.39, 0.29) is 0 Å². The van der Waals surface area contributed by atoms with Gasteiger partial charge in [0.05, 0.1) is 0 Å². The van der Waals surface area contributed by atoms with Crippen LogP contribution in [0, 0.1) is 23.2 Å². The molecule has 2 nitrogen and oxygen atoms in total. The molecule has 260 valence electrons. The second-order valence-electron chi connectivity index (χ2n) is 16.2. The summed E-state index contributed by atoms with van der Waals surface area (Å²) >= 11 is 1.86. The molecule has 12 rings (SSSR count). The highest BCUT2D eigenvalue weighted by Crippen LogP contribution is 2.92. The van der Waals surface area contributed by atoms with Crippen molar-refractivity contribution in [3.63, 3.8) is 0 Å². The summed E-state index contributed by atoms with van der Waals surface area (Å²) < 4.78 is 2.64. The number of benzene rings is 7. The van der Waals surface area contributed by atoms with E-state index < -0.39 is 0 Å². The molecular formula is C51H40N2S. The number of hydrogen-bond donors (Lipinski definition) is 0. The van der Waals surface area contributed by atoms with E-state index in [0.717, 1.165) is 34.8 Å². The first-order chi connectivity index (χ1) is 26.7. The quantitative estimate of drug-likeness (QED) is 0.155. The van der Waals surface area contributed by atoms with E-state index in [1.807, 2.05) is 11.3 Å². The Labute approximate surface area is 321 Å². The maximum absolute atomic E-state index is 2.47. The molecule has 4 aliphatic carbocycles. The molecule has 4 aliphatic rings. The van der Waals surface area contributed by atoms with Gasteiger partial charge < -0.3 is 9.80 Å². The Balaban J connectivity index is 0.852. The van der Waals surface area contributed by atoms with Gasteiger partial charge in [-0.05, 0) is 150 Å². The monoisotopic (exact) mass is 712 g/mol. The van der Waals surface area contributed by atoms with Crippen LogP contribution in [0.15, 0.2) is 176 Å². The zero-order valence-corrected chi connectivity index (χ0v) is 30.9. The summed E-state index contributed by atoms with van der Waals surface area (Å²) in [5, 5.41) is 2.62. The normalized spacial score (nSPS) is 24.3. The zero-order valence-electron chi connectivity index (χ0n) is 30.1. The van der Waals surface area contributed by atoms with Gasteiger partial charge in [0, 0.05) is 59.7 Å². The summed E-state index contributed by atoms with van der Waals surface area (Å²) in [6.45, 7) is 0. The molecule has 0 amide bonds. The van der Waals surface area contributed by atoms with E-state index in [0.29, 0.717) is 10.8 Å². The second-order valence-corrected chi connectivity index (χ2v) is 17.3. The number of anilines is 6. The summed E-state index contributed by atoms with van der Waals surface area (Å²) in [7, 11) is 0. The topological polar surface area (TPSA) is 6.48 Å². The van der Waals surface area contributed by atoms with E-state index in [4.69, 9.17) is 0 Å². The molecular weight excluding hydrogens is 673 g/mol. The fourth-order valence-electron chi connectivity index (χ4n) is 11.9. The van der Waals surface area contributed by atoms with Crippen LogP contribution in [0.2, 0.25) is 0 Å². The number of fused-ring (bicyclic) bond motifs is 3. The Morgan fingerprint density at radius 3 is 1.43 bits per heavy atom. The highest BCUT2D eigenvalue weighted by Gasteiger charge is 2.87. The third-order valence-corrected chi connectivity index (χ3v) is 15.2. The van der Waals surface area contributed by atoms with Crippen LogP contribution < -0.4 is 9.80 Å². The van der Waals surface area contributed by atoms with Crippen molar-refractivity contribution in [2.45, 2.75) is 31.1 Å². The van der Waals surface area contributed by atoms with Crippen molar-refractivity contribution in [1.82, 2.24) is 0 Å². The molecule has 0 N–H and O–H groups in total. The molecule has 0 saturated heterocycles. The fraction of sp³-hybridized carbons (Fsp3) is 0.176. The van der Waals surface area contributed by atoms with Gasteiger partial charge >= 0.3 is 0 Å². The third-order valence-electron chi connectivity index (χ3n) is 14.1. The fourth-order valence-corrected chi connectivity index (χ4v) is 12.9. The first-order valence-electron chi connectivity index (χ1n) is 19.6. The maximum atomic E-state index is 2.47. The summed E-state index contributed by atoms with van der Waals surface area (Å²) in [5.41, 5.74) is 12.2. The Morgan fingerprint density at radius 1 is 0.407 bits per heavy atom. The summed E-state index contributed by atoms with van der Waals surface area (Å²) in [5.74, 6) is 3.07. The van der Waals surface area contributed by atoms with Gasteiger partial charge in [-0.15, -0.1) is 11.3 Å². The van der Waals surface area contributed by atoms with Gasteiger partial charge in [-0.3, -0.25) is 0 Å². The molecule has 2 unspecified atom stereocenters. The van der Waals surface area contributed by atoms with E-state index in [2.05, 4.69) is 186 Å². The predicted molar refractivity (Wildman–Crippen MR) is 227 cm³/mol. The lowest BCUT2D eigenvalue weighted by molar-refractivity contribution is -0.395. The lowest BCUT2D eigenvalue weighted by Crippen LogP contribution is -2.87. The molecule has 2 atom stereocenters. The highest BCUT2D eigenvalue weighted by atomic mass is 32.1. The first kappa shape index (κ1) is 30.8. The highest BCUT2D eigenvalue weighted by molar-refractivity contribution is 7.25. The van der Waals surface area contributed by atoms with Crippen LogP contribution in [0.3, 0.4) is 0 Å². The van der Waals surface area contributed by atoms with Crippen LogP contribution in [-0.4, -0.2) is 0 Å². The van der Waals surface area contributed by atoms with Crippen LogP contribution in [0.5, 0.6) is 0 Å². The molecule has 1 heterocycles. The number of hydrogen-bond acceptors (Lipinski definition) is 3. The van der Waals surface area contributed by atoms with Crippen molar-refractivity contribution in [1.29, 1.82) is 0 Å². The average Bonchev–Trinajstić information content (AvgIpc) is 3.57. The largest absolute Gasteiger partial charge is 0.311 e. The predicted octanol–water partition coefficient (Wildman–Crippen LogP) is 14.3. The molecule has 54 heavy (non-hydrogen) atoms. The van der Waals surface area contributed by atoms with Crippen molar-refractivity contribution >= 4 is 65.6 Å². The van der Waals surface area contributed by atoms with E-state index in [1.54, 1.807) is 5.56 Å². The third kappa shape index (κ3) is 4.16. The summed E-state index contributed by atoms with van der Waals surface area (Å²) in [6.07, 6.45) is 5.87. The van der Waals surface area contributed by atoms with Gasteiger partial charge in [0.2, 0.25) is 0 Å². The molecule has 1 spiro atoms. The van der Waals surface area contributed by atoms with Gasteiger partial charge in [-0.2, -0.15) is 0 Å². The van der Waals surface area contributed by atoms with E-state index in [9.17, 15) is 0 Å². The van der Waals surface area contributed by atoms with Crippen molar-refractivity contribution in [2.24, 2.45) is 23.2 Å². The van der Waals surface area contributed by atoms with Crippen LogP contribution in [0.4, 0.5) is 34.1 Å². The number of thiophene rings is 1. The lowest BCUT2D eigenvalue weighted by atomic mass is 9.12. The molecule has 3 heteroatoms. The number of nitrogens with zero attached hydrogens (tertiary/aromatic N) is 2. The molecule has 0 radical (unpaired) electrons. The molecule has 1 aromatic heterocycles. The minimum Gasteiger partial charge on any atom is -0.311 e. The smallest absolute Gasteiger partial charge is 0.0468 e. The Hall–Kier alpha value is -5.64. The molecule has 4 fully saturated rings. The summed E-state index contributed by atoms with van der Waals surface area (Å²) in [4.78, 5) is 4.77. The van der Waals surface area contributed by atoms with Gasteiger partial charge in [0.15, 0.2) is 0 Å². The van der Waals surface area contributed by atoms with Crippen LogP contribution >= 0.6 is 11.3 Å². The van der Waals surface area contributed by atoms with Crippen LogP contribution in [-0.2, 0) is 5.41 Å². The molecule has 4 saturated carbocycles. The molecule has 0 bridgehead atoms. The SMILES string of the molecule is c1ccc(N(c2ccc(-c3ccc(N(c4ccccc4)c4ccc5sc6ccccc6c5c4)cc3)cc2)c2ccc(C34CC5CC6CC(C3)C654)cc2)cc1. The van der Waals surface area contributed by atoms with Crippen molar-refractivity contribution in [3.05, 3.63) is 181 Å². The van der Waals surface area contributed by atoms with E-state index >= 15 is 0 Å². The van der Waals surface area contributed by atoms with Gasteiger partial charge in [0.1, 0.15) is 0 Å². The molecule has 8 aromatic rings. The van der Waals surface area contributed by atoms with Crippen molar-refractivity contribution in [3.8, 4) is 11.1 Å². The maximum Gasteiger partial charge on any atom is 0.0468 e.